The van der Waals surface area contributed by atoms with Crippen LogP contribution in [0.2, 0.25) is 10.0 Å². The van der Waals surface area contributed by atoms with E-state index in [1.54, 1.807) is 48.5 Å². The Bertz CT molecular complexity index is 962. The van der Waals surface area contributed by atoms with Crippen LogP contribution in [0.1, 0.15) is 15.9 Å². The normalized spacial score (nSPS) is 15.4. The fourth-order valence-corrected chi connectivity index (χ4v) is 3.78. The van der Waals surface area contributed by atoms with Crippen LogP contribution >= 0.6 is 47.2 Å². The molecule has 1 N–H and O–H groups in total. The number of hydrogen-bond acceptors (Lipinski definition) is 5. The Hall–Kier alpha value is -2.06. The third kappa shape index (κ3) is 4.27. The number of thioether (sulfide) groups is 1. The Morgan fingerprint density at radius 3 is 2.59 bits per heavy atom. The molecule has 0 unspecified atom stereocenters. The lowest BCUT2D eigenvalue weighted by atomic mass is 10.2. The summed E-state index contributed by atoms with van der Waals surface area (Å²) < 4.78 is 5.27. The Labute approximate surface area is 175 Å². The number of thiocarbonyl (C=S) groups is 1. The second-order valence-corrected chi connectivity index (χ2v) is 7.79. The molecule has 2 aromatic carbocycles. The number of nitrogens with one attached hydrogen (secondary N) is 1. The van der Waals surface area contributed by atoms with Gasteiger partial charge in [-0.2, -0.15) is 5.01 Å². The van der Waals surface area contributed by atoms with Crippen molar-refractivity contribution in [3.63, 3.8) is 0 Å². The zero-order valence-corrected chi connectivity index (χ0v) is 17.0. The predicted octanol–water partition coefficient (Wildman–Crippen LogP) is 4.55. The number of halogens is 2. The van der Waals surface area contributed by atoms with Crippen LogP contribution in [0.15, 0.2) is 47.4 Å². The molecule has 1 aliphatic heterocycles. The first kappa shape index (κ1) is 19.7. The van der Waals surface area contributed by atoms with Gasteiger partial charge in [0.2, 0.25) is 0 Å². The molecule has 2 aromatic rings. The van der Waals surface area contributed by atoms with Crippen LogP contribution in [-0.4, -0.2) is 28.3 Å². The SMILES string of the molecule is COc1ccc(C(=O)NN2C(=O)/C(=C\c3cccc(Cl)c3Cl)SC2=S)cc1. The molecule has 0 spiro atoms. The van der Waals surface area contributed by atoms with E-state index in [1.165, 1.54) is 7.11 Å². The first-order valence-corrected chi connectivity index (χ1v) is 9.56. The van der Waals surface area contributed by atoms with Crippen LogP contribution in [0.5, 0.6) is 5.75 Å². The smallest absolute Gasteiger partial charge is 0.285 e. The minimum atomic E-state index is -0.462. The van der Waals surface area contributed by atoms with Crippen LogP contribution in [0.25, 0.3) is 6.08 Å². The molecule has 0 radical (unpaired) electrons. The highest BCUT2D eigenvalue weighted by atomic mass is 35.5. The van der Waals surface area contributed by atoms with Gasteiger partial charge in [0, 0.05) is 5.56 Å². The van der Waals surface area contributed by atoms with Gasteiger partial charge in [-0.1, -0.05) is 47.1 Å². The second kappa shape index (κ2) is 8.31. The lowest BCUT2D eigenvalue weighted by Crippen LogP contribution is -2.44. The van der Waals surface area contributed by atoms with Gasteiger partial charge in [0.25, 0.3) is 11.8 Å². The van der Waals surface area contributed by atoms with Crippen LogP contribution in [0, 0.1) is 0 Å². The Morgan fingerprint density at radius 2 is 1.93 bits per heavy atom. The van der Waals surface area contributed by atoms with Gasteiger partial charge < -0.3 is 4.74 Å². The Morgan fingerprint density at radius 1 is 1.22 bits per heavy atom. The molecule has 138 valence electrons. The van der Waals surface area contributed by atoms with Crippen molar-refractivity contribution in [2.24, 2.45) is 0 Å². The lowest BCUT2D eigenvalue weighted by molar-refractivity contribution is -0.123. The van der Waals surface area contributed by atoms with E-state index in [9.17, 15) is 9.59 Å². The molecule has 1 heterocycles. The monoisotopic (exact) mass is 438 g/mol. The standard InChI is InChI=1S/C18H12Cl2N2O3S2/c1-25-12-7-5-10(6-8-12)16(23)21-22-17(24)14(27-18(22)26)9-11-3-2-4-13(19)15(11)20/h2-9H,1H3,(H,21,23)/b14-9+. The number of hydrogen-bond donors (Lipinski definition) is 1. The van der Waals surface area contributed by atoms with Crippen molar-refractivity contribution in [2.45, 2.75) is 0 Å². The molecule has 0 aromatic heterocycles. The number of nitrogens with zero attached hydrogens (tertiary/aromatic N) is 1. The average Bonchev–Trinajstić information content (AvgIpc) is 2.93. The number of carbonyl (C=O) groups is 2. The number of benzene rings is 2. The molecule has 1 fully saturated rings. The van der Waals surface area contributed by atoms with E-state index in [0.717, 1.165) is 16.8 Å². The number of methoxy groups -OCH3 is 1. The molecule has 0 saturated carbocycles. The number of amides is 2. The molecular weight excluding hydrogens is 427 g/mol. The van der Waals surface area contributed by atoms with Gasteiger partial charge in [-0.3, -0.25) is 15.0 Å². The molecule has 1 saturated heterocycles. The second-order valence-electron chi connectivity index (χ2n) is 5.33. The van der Waals surface area contributed by atoms with Gasteiger partial charge in [-0.15, -0.1) is 0 Å². The number of hydrazine groups is 1. The molecule has 0 aliphatic carbocycles. The molecule has 0 atom stereocenters. The number of ether oxygens (including phenoxy) is 1. The van der Waals surface area contributed by atoms with E-state index in [-0.39, 0.29) is 4.32 Å². The summed E-state index contributed by atoms with van der Waals surface area (Å²) in [5.41, 5.74) is 3.47. The van der Waals surface area contributed by atoms with E-state index in [1.807, 2.05) is 0 Å². The largest absolute Gasteiger partial charge is 0.497 e. The van der Waals surface area contributed by atoms with Crippen molar-refractivity contribution in [3.8, 4) is 5.75 Å². The lowest BCUT2D eigenvalue weighted by Gasteiger charge is -2.15. The van der Waals surface area contributed by atoms with Gasteiger partial charge in [0.05, 0.1) is 22.1 Å². The summed E-state index contributed by atoms with van der Waals surface area (Å²) >= 11 is 18.4. The fourth-order valence-electron chi connectivity index (χ4n) is 2.25. The third-order valence-electron chi connectivity index (χ3n) is 3.63. The van der Waals surface area contributed by atoms with Gasteiger partial charge in [-0.05, 0) is 54.2 Å². The molecule has 0 bridgehead atoms. The van der Waals surface area contributed by atoms with E-state index >= 15 is 0 Å². The summed E-state index contributed by atoms with van der Waals surface area (Å²) in [6, 6.07) is 11.6. The van der Waals surface area contributed by atoms with Crippen LogP contribution in [0.4, 0.5) is 0 Å². The van der Waals surface area contributed by atoms with Crippen LogP contribution in [-0.2, 0) is 4.79 Å². The van der Waals surface area contributed by atoms with Crippen molar-refractivity contribution in [1.82, 2.24) is 10.4 Å². The zero-order valence-electron chi connectivity index (χ0n) is 13.9. The Kier molecular flexibility index (Phi) is 6.06. The van der Waals surface area contributed by atoms with Gasteiger partial charge >= 0.3 is 0 Å². The summed E-state index contributed by atoms with van der Waals surface area (Å²) in [7, 11) is 1.54. The Balaban J connectivity index is 1.78. The average molecular weight is 439 g/mol. The van der Waals surface area contributed by atoms with Crippen molar-refractivity contribution in [3.05, 3.63) is 68.5 Å². The van der Waals surface area contributed by atoms with Crippen LogP contribution in [0.3, 0.4) is 0 Å². The summed E-state index contributed by atoms with van der Waals surface area (Å²) in [6.07, 6.45) is 1.59. The van der Waals surface area contributed by atoms with Gasteiger partial charge in [-0.25, -0.2) is 0 Å². The number of carbonyl (C=O) groups excluding carboxylic acids is 2. The maximum atomic E-state index is 12.6. The highest BCUT2D eigenvalue weighted by Crippen LogP contribution is 2.34. The van der Waals surface area contributed by atoms with E-state index in [2.05, 4.69) is 5.43 Å². The highest BCUT2D eigenvalue weighted by Gasteiger charge is 2.34. The van der Waals surface area contributed by atoms with E-state index in [4.69, 9.17) is 40.2 Å². The van der Waals surface area contributed by atoms with Crippen molar-refractivity contribution >= 4 is 69.4 Å². The minimum Gasteiger partial charge on any atom is -0.497 e. The third-order valence-corrected chi connectivity index (χ3v) is 5.76. The first-order chi connectivity index (χ1) is 12.9. The topological polar surface area (TPSA) is 58.6 Å². The van der Waals surface area contributed by atoms with Gasteiger partial charge in [0.15, 0.2) is 4.32 Å². The summed E-state index contributed by atoms with van der Waals surface area (Å²) in [5, 5.41) is 1.76. The summed E-state index contributed by atoms with van der Waals surface area (Å²) in [4.78, 5) is 25.3. The molecule has 27 heavy (non-hydrogen) atoms. The van der Waals surface area contributed by atoms with Crippen molar-refractivity contribution in [1.29, 1.82) is 0 Å². The number of rotatable bonds is 4. The molecular formula is C18H12Cl2N2O3S2. The van der Waals surface area contributed by atoms with Crippen LogP contribution < -0.4 is 10.2 Å². The summed E-state index contributed by atoms with van der Waals surface area (Å²) in [6.45, 7) is 0. The van der Waals surface area contributed by atoms with Crippen molar-refractivity contribution < 1.29 is 14.3 Å². The molecule has 5 nitrogen and oxygen atoms in total. The fraction of sp³-hybridized carbons (Fsp3) is 0.0556. The molecule has 9 heteroatoms. The zero-order chi connectivity index (χ0) is 19.6. The van der Waals surface area contributed by atoms with E-state index in [0.29, 0.717) is 31.8 Å². The molecule has 2 amide bonds. The highest BCUT2D eigenvalue weighted by molar-refractivity contribution is 8.26. The van der Waals surface area contributed by atoms with Gasteiger partial charge in [0.1, 0.15) is 5.75 Å². The summed E-state index contributed by atoms with van der Waals surface area (Å²) in [5.74, 6) is -0.280. The maximum absolute atomic E-state index is 12.6. The molecule has 3 rings (SSSR count). The predicted molar refractivity (Wildman–Crippen MR) is 112 cm³/mol. The van der Waals surface area contributed by atoms with Crippen molar-refractivity contribution in [2.75, 3.05) is 7.11 Å². The molecule has 1 aliphatic rings. The first-order valence-electron chi connectivity index (χ1n) is 7.57. The van der Waals surface area contributed by atoms with E-state index < -0.39 is 11.8 Å². The maximum Gasteiger partial charge on any atom is 0.285 e. The minimum absolute atomic E-state index is 0.214. The quantitative estimate of drug-likeness (QED) is 0.560.